The van der Waals surface area contributed by atoms with Crippen LogP contribution in [0, 0.1) is 0 Å². The van der Waals surface area contributed by atoms with Gasteiger partial charge in [0.25, 0.3) is 0 Å². The number of carbonyl (C=O) groups is 2. The van der Waals surface area contributed by atoms with E-state index in [-0.39, 0.29) is 18.8 Å². The zero-order chi connectivity index (χ0) is 15.2. The summed E-state index contributed by atoms with van der Waals surface area (Å²) in [5.74, 6) is -2.45. The van der Waals surface area contributed by atoms with Crippen LogP contribution in [0.1, 0.15) is 0 Å². The van der Waals surface area contributed by atoms with E-state index in [2.05, 4.69) is 15.4 Å². The van der Waals surface area contributed by atoms with Crippen molar-refractivity contribution in [2.45, 2.75) is 6.36 Å². The normalized spacial score (nSPS) is 10.8. The molecule has 110 valence electrons. The molecule has 1 rings (SSSR count). The molecule has 0 spiro atoms. The Balaban J connectivity index is 2.66. The summed E-state index contributed by atoms with van der Waals surface area (Å²) in [4.78, 5) is 22.6. The van der Waals surface area contributed by atoms with Crippen molar-refractivity contribution in [3.05, 3.63) is 24.3 Å². The molecule has 1 aromatic carbocycles. The fourth-order valence-electron chi connectivity index (χ4n) is 1.22. The number of anilines is 1. The third-order valence-electron chi connectivity index (χ3n) is 1.96. The average Bonchev–Trinajstić information content (AvgIpc) is 2.34. The van der Waals surface area contributed by atoms with Gasteiger partial charge in [-0.25, -0.2) is 0 Å². The topological polar surface area (TPSA) is 93.5 Å². The minimum atomic E-state index is -4.83. The number of alkyl halides is 3. The molecule has 0 aliphatic carbocycles. The summed E-state index contributed by atoms with van der Waals surface area (Å²) in [6.45, 7) is 0.275. The number of benzene rings is 1. The fourth-order valence-corrected chi connectivity index (χ4v) is 1.22. The van der Waals surface area contributed by atoms with E-state index in [4.69, 9.17) is 5.73 Å². The lowest BCUT2D eigenvalue weighted by atomic mass is 10.3. The van der Waals surface area contributed by atoms with Gasteiger partial charge < -0.3 is 21.1 Å². The van der Waals surface area contributed by atoms with Gasteiger partial charge in [-0.1, -0.05) is 6.07 Å². The van der Waals surface area contributed by atoms with Gasteiger partial charge in [0.2, 0.25) is 0 Å². The van der Waals surface area contributed by atoms with E-state index >= 15 is 0 Å². The molecule has 9 heteroatoms. The summed E-state index contributed by atoms with van der Waals surface area (Å²) in [7, 11) is 0. The molecular weight excluding hydrogens is 279 g/mol. The number of halogens is 3. The molecule has 0 aromatic heterocycles. The Morgan fingerprint density at radius 2 is 1.95 bits per heavy atom. The van der Waals surface area contributed by atoms with Gasteiger partial charge in [0.1, 0.15) is 5.75 Å². The third kappa shape index (κ3) is 5.57. The highest BCUT2D eigenvalue weighted by atomic mass is 19.4. The summed E-state index contributed by atoms with van der Waals surface area (Å²) in [5, 5.41) is 4.36. The van der Waals surface area contributed by atoms with Gasteiger partial charge in [-0.05, 0) is 12.1 Å². The lowest BCUT2D eigenvalue weighted by molar-refractivity contribution is -0.274. The predicted octanol–water partition coefficient (Wildman–Crippen LogP) is 0.599. The minimum absolute atomic E-state index is 0.000325. The molecule has 1 aromatic rings. The monoisotopic (exact) mass is 291 g/mol. The SMILES string of the molecule is NCCNC(=O)C(=O)Nc1cccc(OC(F)(F)F)c1. The molecule has 0 heterocycles. The van der Waals surface area contributed by atoms with Crippen molar-refractivity contribution in [3.8, 4) is 5.75 Å². The van der Waals surface area contributed by atoms with Crippen LogP contribution in [-0.2, 0) is 9.59 Å². The maximum absolute atomic E-state index is 12.0. The quantitative estimate of drug-likeness (QED) is 0.708. The molecule has 0 atom stereocenters. The standard InChI is InChI=1S/C11H12F3N3O3/c12-11(13,14)20-8-3-1-2-7(6-8)17-10(19)9(18)16-5-4-15/h1-3,6H,4-5,15H2,(H,16,18)(H,17,19). The molecule has 4 N–H and O–H groups in total. The molecule has 0 saturated heterocycles. The summed E-state index contributed by atoms with van der Waals surface area (Å²) < 4.78 is 39.7. The maximum atomic E-state index is 12.0. The van der Waals surface area contributed by atoms with E-state index < -0.39 is 23.9 Å². The Bertz CT molecular complexity index is 491. The molecule has 0 aliphatic rings. The molecular formula is C11H12F3N3O3. The largest absolute Gasteiger partial charge is 0.573 e. The lowest BCUT2D eigenvalue weighted by Crippen LogP contribution is -2.37. The van der Waals surface area contributed by atoms with E-state index in [1.807, 2.05) is 0 Å². The van der Waals surface area contributed by atoms with Crippen molar-refractivity contribution >= 4 is 17.5 Å². The van der Waals surface area contributed by atoms with Crippen molar-refractivity contribution < 1.29 is 27.5 Å². The molecule has 0 saturated carbocycles. The highest BCUT2D eigenvalue weighted by Gasteiger charge is 2.31. The Kier molecular flexibility index (Phi) is 5.32. The van der Waals surface area contributed by atoms with Crippen LogP contribution < -0.4 is 21.1 Å². The number of hydrogen-bond donors (Lipinski definition) is 3. The highest BCUT2D eigenvalue weighted by molar-refractivity contribution is 6.39. The first-order chi connectivity index (χ1) is 9.31. The lowest BCUT2D eigenvalue weighted by Gasteiger charge is -2.10. The van der Waals surface area contributed by atoms with Crippen LogP contribution in [0.2, 0.25) is 0 Å². The van der Waals surface area contributed by atoms with Crippen molar-refractivity contribution in [2.24, 2.45) is 5.73 Å². The zero-order valence-corrected chi connectivity index (χ0v) is 10.2. The molecule has 2 amide bonds. The number of rotatable bonds is 4. The van der Waals surface area contributed by atoms with Gasteiger partial charge in [0, 0.05) is 24.8 Å². The zero-order valence-electron chi connectivity index (χ0n) is 10.2. The maximum Gasteiger partial charge on any atom is 0.573 e. The molecule has 20 heavy (non-hydrogen) atoms. The number of hydrogen-bond acceptors (Lipinski definition) is 4. The van der Waals surface area contributed by atoms with Crippen molar-refractivity contribution in [1.82, 2.24) is 5.32 Å². The number of nitrogens with one attached hydrogen (secondary N) is 2. The predicted molar refractivity (Wildman–Crippen MR) is 63.8 cm³/mol. The number of carbonyl (C=O) groups excluding carboxylic acids is 2. The van der Waals surface area contributed by atoms with Crippen molar-refractivity contribution in [1.29, 1.82) is 0 Å². The Morgan fingerprint density at radius 3 is 2.55 bits per heavy atom. The molecule has 0 radical (unpaired) electrons. The highest BCUT2D eigenvalue weighted by Crippen LogP contribution is 2.24. The summed E-state index contributed by atoms with van der Waals surface area (Å²) in [6.07, 6.45) is -4.83. The van der Waals surface area contributed by atoms with Crippen LogP contribution in [0.5, 0.6) is 5.75 Å². The summed E-state index contributed by atoms with van der Waals surface area (Å²) in [6, 6.07) is 4.57. The van der Waals surface area contributed by atoms with Crippen LogP contribution in [0.4, 0.5) is 18.9 Å². The number of amides is 2. The average molecular weight is 291 g/mol. The Hall–Kier alpha value is -2.29. The molecule has 0 fully saturated rings. The van der Waals surface area contributed by atoms with Crippen LogP contribution in [0.3, 0.4) is 0 Å². The van der Waals surface area contributed by atoms with Crippen LogP contribution in [0.25, 0.3) is 0 Å². The van der Waals surface area contributed by atoms with Crippen molar-refractivity contribution in [2.75, 3.05) is 18.4 Å². The molecule has 0 aliphatic heterocycles. The van der Waals surface area contributed by atoms with E-state index in [0.717, 1.165) is 12.1 Å². The second-order valence-corrected chi connectivity index (χ2v) is 3.57. The van der Waals surface area contributed by atoms with E-state index in [1.165, 1.54) is 12.1 Å². The van der Waals surface area contributed by atoms with Crippen LogP contribution in [0.15, 0.2) is 24.3 Å². The molecule has 6 nitrogen and oxygen atoms in total. The Labute approximate surface area is 112 Å². The first-order valence-electron chi connectivity index (χ1n) is 5.47. The van der Waals surface area contributed by atoms with Gasteiger partial charge in [-0.15, -0.1) is 13.2 Å². The first kappa shape index (κ1) is 15.8. The summed E-state index contributed by atoms with van der Waals surface area (Å²) in [5.41, 5.74) is 5.14. The second kappa shape index (κ2) is 6.75. The van der Waals surface area contributed by atoms with Crippen LogP contribution in [-0.4, -0.2) is 31.3 Å². The van der Waals surface area contributed by atoms with Crippen molar-refractivity contribution in [3.63, 3.8) is 0 Å². The van der Waals surface area contributed by atoms with Gasteiger partial charge >= 0.3 is 18.2 Å². The first-order valence-corrected chi connectivity index (χ1v) is 5.47. The third-order valence-corrected chi connectivity index (χ3v) is 1.96. The van der Waals surface area contributed by atoms with Crippen LogP contribution >= 0.6 is 0 Å². The van der Waals surface area contributed by atoms with E-state index in [1.54, 1.807) is 0 Å². The van der Waals surface area contributed by atoms with Gasteiger partial charge in [0.15, 0.2) is 0 Å². The minimum Gasteiger partial charge on any atom is -0.406 e. The van der Waals surface area contributed by atoms with E-state index in [0.29, 0.717) is 0 Å². The molecule has 0 unspecified atom stereocenters. The fraction of sp³-hybridized carbons (Fsp3) is 0.273. The van der Waals surface area contributed by atoms with Gasteiger partial charge in [-0.3, -0.25) is 9.59 Å². The smallest absolute Gasteiger partial charge is 0.406 e. The van der Waals surface area contributed by atoms with Gasteiger partial charge in [0.05, 0.1) is 0 Å². The Morgan fingerprint density at radius 1 is 1.25 bits per heavy atom. The number of ether oxygens (including phenoxy) is 1. The van der Waals surface area contributed by atoms with Gasteiger partial charge in [-0.2, -0.15) is 0 Å². The summed E-state index contributed by atoms with van der Waals surface area (Å²) >= 11 is 0. The number of nitrogens with two attached hydrogens (primary N) is 1. The second-order valence-electron chi connectivity index (χ2n) is 3.57. The molecule has 0 bridgehead atoms. The van der Waals surface area contributed by atoms with E-state index in [9.17, 15) is 22.8 Å².